The van der Waals surface area contributed by atoms with Crippen LogP contribution in [0.5, 0.6) is 5.75 Å². The third kappa shape index (κ3) is 3.28. The van der Waals surface area contributed by atoms with E-state index in [4.69, 9.17) is 4.74 Å². The van der Waals surface area contributed by atoms with E-state index in [1.165, 1.54) is 5.56 Å². The van der Waals surface area contributed by atoms with Crippen LogP contribution in [0.15, 0.2) is 24.3 Å². The number of ether oxygens (including phenoxy) is 1. The van der Waals surface area contributed by atoms with Gasteiger partial charge in [0, 0.05) is 19.7 Å². The summed E-state index contributed by atoms with van der Waals surface area (Å²) in [5, 5.41) is 9.37. The number of nitrogens with zero attached hydrogens (tertiary/aromatic N) is 2. The average Bonchev–Trinajstić information content (AvgIpc) is 2.56. The number of hydrogen-bond acceptors (Lipinski definition) is 4. The summed E-state index contributed by atoms with van der Waals surface area (Å²) in [4.78, 5) is 16.6. The summed E-state index contributed by atoms with van der Waals surface area (Å²) >= 11 is 0. The Bertz CT molecular complexity index is 564. The van der Waals surface area contributed by atoms with Gasteiger partial charge in [-0.15, -0.1) is 0 Å². The molecule has 0 radical (unpaired) electrons. The second kappa shape index (κ2) is 7.11. The Morgan fingerprint density at radius 1 is 1.21 bits per heavy atom. The van der Waals surface area contributed by atoms with Gasteiger partial charge in [-0.1, -0.05) is 12.1 Å². The van der Waals surface area contributed by atoms with Gasteiger partial charge in [0.1, 0.15) is 5.75 Å². The molecule has 2 aliphatic heterocycles. The first-order valence-electron chi connectivity index (χ1n) is 8.86. The van der Waals surface area contributed by atoms with E-state index in [1.807, 2.05) is 17.0 Å². The van der Waals surface area contributed by atoms with Crippen LogP contribution in [-0.4, -0.2) is 59.2 Å². The molecular weight excluding hydrogens is 304 g/mol. The lowest BCUT2D eigenvalue weighted by molar-refractivity contribution is -0.181. The van der Waals surface area contributed by atoms with E-state index in [1.54, 1.807) is 19.2 Å². The Morgan fingerprint density at radius 3 is 2.38 bits per heavy atom. The number of carbonyl (C=O) groups excluding carboxylic acids is 1. The summed E-state index contributed by atoms with van der Waals surface area (Å²) in [6.07, 6.45) is 1.94. The Balaban J connectivity index is 1.56. The lowest BCUT2D eigenvalue weighted by Gasteiger charge is -2.53. The first-order valence-corrected chi connectivity index (χ1v) is 8.86. The molecule has 0 unspecified atom stereocenters. The van der Waals surface area contributed by atoms with Gasteiger partial charge < -0.3 is 14.7 Å². The third-order valence-corrected chi connectivity index (χ3v) is 5.40. The van der Waals surface area contributed by atoms with E-state index in [0.29, 0.717) is 11.7 Å². The molecule has 0 aromatic heterocycles. The van der Waals surface area contributed by atoms with E-state index >= 15 is 0 Å². The van der Waals surface area contributed by atoms with Crippen molar-refractivity contribution >= 4 is 5.91 Å². The number of hydrogen-bond donors (Lipinski definition) is 1. The van der Waals surface area contributed by atoms with Gasteiger partial charge in [-0.25, -0.2) is 0 Å². The number of phenols is 1. The van der Waals surface area contributed by atoms with Crippen LogP contribution in [0.25, 0.3) is 0 Å². The standard InChI is InChI=1S/C19H28N2O3/c1-13(2)21-17(18(24-3)19(21)23)15-8-10-20(11-9-15)12-14-4-6-16(22)7-5-14/h4-7,13,15,17-18,22H,8-12H2,1-3H3/t17-,18+/m0/s1. The minimum Gasteiger partial charge on any atom is -0.508 e. The SMILES string of the molecule is CO[C@H]1C(=O)N(C(C)C)[C@H]1C1CCN(Cc2ccc(O)cc2)CC1. The largest absolute Gasteiger partial charge is 0.508 e. The Labute approximate surface area is 144 Å². The number of phenolic OH excluding ortho intramolecular Hbond substituents is 1. The van der Waals surface area contributed by atoms with Crippen LogP contribution < -0.4 is 0 Å². The van der Waals surface area contributed by atoms with Gasteiger partial charge in [0.25, 0.3) is 5.91 Å². The van der Waals surface area contributed by atoms with Crippen LogP contribution in [0.2, 0.25) is 0 Å². The van der Waals surface area contributed by atoms with Crippen LogP contribution in [0.1, 0.15) is 32.3 Å². The van der Waals surface area contributed by atoms with Crippen molar-refractivity contribution in [1.29, 1.82) is 0 Å². The van der Waals surface area contributed by atoms with E-state index in [9.17, 15) is 9.90 Å². The molecule has 2 fully saturated rings. The number of piperidine rings is 1. The Hall–Kier alpha value is -1.59. The van der Waals surface area contributed by atoms with Crippen LogP contribution in [0, 0.1) is 5.92 Å². The maximum absolute atomic E-state index is 12.2. The number of aromatic hydroxyl groups is 1. The summed E-state index contributed by atoms with van der Waals surface area (Å²) in [6, 6.07) is 7.92. The van der Waals surface area contributed by atoms with Crippen molar-refractivity contribution in [3.63, 3.8) is 0 Å². The molecule has 1 amide bonds. The quantitative estimate of drug-likeness (QED) is 0.840. The molecule has 2 saturated heterocycles. The maximum Gasteiger partial charge on any atom is 0.254 e. The molecule has 0 bridgehead atoms. The van der Waals surface area contributed by atoms with Crippen molar-refractivity contribution in [3.05, 3.63) is 29.8 Å². The normalized spacial score (nSPS) is 26.0. The molecule has 0 saturated carbocycles. The van der Waals surface area contributed by atoms with Gasteiger partial charge in [-0.2, -0.15) is 0 Å². The topological polar surface area (TPSA) is 53.0 Å². The van der Waals surface area contributed by atoms with Gasteiger partial charge in [-0.3, -0.25) is 9.69 Å². The first-order chi connectivity index (χ1) is 11.5. The molecule has 2 heterocycles. The highest BCUT2D eigenvalue weighted by Gasteiger charge is 2.52. The van der Waals surface area contributed by atoms with Crippen molar-refractivity contribution in [3.8, 4) is 5.75 Å². The monoisotopic (exact) mass is 332 g/mol. The zero-order chi connectivity index (χ0) is 17.3. The van der Waals surface area contributed by atoms with Crippen molar-refractivity contribution < 1.29 is 14.6 Å². The minimum atomic E-state index is -0.249. The molecule has 132 valence electrons. The van der Waals surface area contributed by atoms with Gasteiger partial charge in [0.2, 0.25) is 0 Å². The van der Waals surface area contributed by atoms with Gasteiger partial charge >= 0.3 is 0 Å². The van der Waals surface area contributed by atoms with Crippen molar-refractivity contribution in [1.82, 2.24) is 9.80 Å². The van der Waals surface area contributed by atoms with Crippen LogP contribution in [0.4, 0.5) is 0 Å². The molecular formula is C19H28N2O3. The highest BCUT2D eigenvalue weighted by atomic mass is 16.5. The average molecular weight is 332 g/mol. The highest BCUT2D eigenvalue weighted by Crippen LogP contribution is 2.36. The van der Waals surface area contributed by atoms with E-state index in [0.717, 1.165) is 32.5 Å². The predicted octanol–water partition coefficient (Wildman–Crippen LogP) is 2.24. The minimum absolute atomic E-state index is 0.143. The molecule has 3 rings (SSSR count). The smallest absolute Gasteiger partial charge is 0.254 e. The molecule has 0 aliphatic carbocycles. The number of rotatable bonds is 5. The second-order valence-corrected chi connectivity index (χ2v) is 7.27. The molecule has 2 aliphatic rings. The summed E-state index contributed by atoms with van der Waals surface area (Å²) in [6.45, 7) is 7.16. The molecule has 5 nitrogen and oxygen atoms in total. The predicted molar refractivity (Wildman–Crippen MR) is 92.7 cm³/mol. The fourth-order valence-corrected chi connectivity index (χ4v) is 4.13. The highest BCUT2D eigenvalue weighted by molar-refractivity contribution is 5.88. The third-order valence-electron chi connectivity index (χ3n) is 5.40. The summed E-state index contributed by atoms with van der Waals surface area (Å²) < 4.78 is 5.45. The van der Waals surface area contributed by atoms with Crippen molar-refractivity contribution in [2.45, 2.75) is 51.4 Å². The first kappa shape index (κ1) is 17.2. The second-order valence-electron chi connectivity index (χ2n) is 7.27. The molecule has 24 heavy (non-hydrogen) atoms. The molecule has 1 aromatic carbocycles. The van der Waals surface area contributed by atoms with Gasteiger partial charge in [0.05, 0.1) is 6.04 Å². The van der Waals surface area contributed by atoms with Crippen molar-refractivity contribution in [2.24, 2.45) is 5.92 Å². The molecule has 2 atom stereocenters. The van der Waals surface area contributed by atoms with E-state index in [-0.39, 0.29) is 24.1 Å². The fourth-order valence-electron chi connectivity index (χ4n) is 4.13. The molecule has 5 heteroatoms. The number of amides is 1. The zero-order valence-electron chi connectivity index (χ0n) is 14.8. The summed E-state index contributed by atoms with van der Waals surface area (Å²) in [5.74, 6) is 0.974. The number of methoxy groups -OCH3 is 1. The number of carbonyl (C=O) groups is 1. The van der Waals surface area contributed by atoms with Crippen molar-refractivity contribution in [2.75, 3.05) is 20.2 Å². The Kier molecular flexibility index (Phi) is 5.11. The zero-order valence-corrected chi connectivity index (χ0v) is 14.8. The van der Waals surface area contributed by atoms with E-state index < -0.39 is 0 Å². The van der Waals surface area contributed by atoms with Crippen LogP contribution in [0.3, 0.4) is 0 Å². The van der Waals surface area contributed by atoms with Crippen LogP contribution in [-0.2, 0) is 16.1 Å². The number of β-lactam (4-membered cyclic amide) rings is 1. The molecule has 1 aromatic rings. The lowest BCUT2D eigenvalue weighted by atomic mass is 9.79. The number of likely N-dealkylation sites (tertiary alicyclic amines) is 2. The molecule has 0 spiro atoms. The van der Waals surface area contributed by atoms with Crippen LogP contribution >= 0.6 is 0 Å². The molecule has 1 N–H and O–H groups in total. The fraction of sp³-hybridized carbons (Fsp3) is 0.632. The maximum atomic E-state index is 12.2. The Morgan fingerprint density at radius 2 is 1.83 bits per heavy atom. The van der Waals surface area contributed by atoms with Gasteiger partial charge in [-0.05, 0) is 63.4 Å². The summed E-state index contributed by atoms with van der Waals surface area (Å²) in [5.41, 5.74) is 1.23. The van der Waals surface area contributed by atoms with E-state index in [2.05, 4.69) is 18.7 Å². The number of benzene rings is 1. The van der Waals surface area contributed by atoms with Gasteiger partial charge in [0.15, 0.2) is 6.10 Å². The lowest BCUT2D eigenvalue weighted by Crippen LogP contribution is -2.70. The summed E-state index contributed by atoms with van der Waals surface area (Å²) in [7, 11) is 1.65.